The number of rotatable bonds is 13. The number of amides is 1. The van der Waals surface area contributed by atoms with Crippen LogP contribution in [-0.4, -0.2) is 23.5 Å². The van der Waals surface area contributed by atoms with Crippen molar-refractivity contribution < 1.29 is 28.9 Å². The van der Waals surface area contributed by atoms with Crippen LogP contribution in [-0.2, 0) is 24.6 Å². The van der Waals surface area contributed by atoms with Gasteiger partial charge < -0.3 is 19.3 Å². The third-order valence-electron chi connectivity index (χ3n) is 6.59. The maximum absolute atomic E-state index is 13.3. The fourth-order valence-electron chi connectivity index (χ4n) is 4.36. The van der Waals surface area contributed by atoms with Gasteiger partial charge in [0.2, 0.25) is 0 Å². The highest BCUT2D eigenvalue weighted by Gasteiger charge is 2.21. The molecule has 1 N–H and O–H groups in total. The molecule has 0 radical (unpaired) electrons. The van der Waals surface area contributed by atoms with Crippen molar-refractivity contribution in [2.24, 2.45) is 0 Å². The number of carboxylic acids is 1. The van der Waals surface area contributed by atoms with Gasteiger partial charge in [-0.3, -0.25) is 14.5 Å². The van der Waals surface area contributed by atoms with E-state index in [9.17, 15) is 14.7 Å². The third kappa shape index (κ3) is 8.47. The smallest absolute Gasteiger partial charge is 0.323 e. The van der Waals surface area contributed by atoms with E-state index >= 15 is 0 Å². The molecule has 0 fully saturated rings. The minimum atomic E-state index is -1.12. The molecule has 43 heavy (non-hydrogen) atoms. The minimum absolute atomic E-state index is 0.319. The summed E-state index contributed by atoms with van der Waals surface area (Å²) in [6.45, 7) is 0.717. The highest BCUT2D eigenvalue weighted by Crippen LogP contribution is 2.24. The molecular weight excluding hydrogens is 542 g/mol. The maximum atomic E-state index is 13.3. The van der Waals surface area contributed by atoms with Gasteiger partial charge in [-0.1, -0.05) is 72.8 Å². The molecule has 0 spiro atoms. The van der Waals surface area contributed by atoms with Crippen molar-refractivity contribution in [2.75, 3.05) is 11.4 Å². The summed E-state index contributed by atoms with van der Waals surface area (Å²) in [5.41, 5.74) is 3.85. The van der Waals surface area contributed by atoms with E-state index in [1.54, 1.807) is 48.5 Å². The van der Waals surface area contributed by atoms with Crippen LogP contribution in [0.1, 0.15) is 27.0 Å². The fraction of sp³-hybridized carbons (Fsp3) is 0.111. The molecule has 216 valence electrons. The average molecular weight is 574 g/mol. The predicted molar refractivity (Wildman–Crippen MR) is 165 cm³/mol. The number of carbonyl (C=O) groups excluding carboxylic acids is 1. The van der Waals surface area contributed by atoms with E-state index in [0.29, 0.717) is 42.6 Å². The summed E-state index contributed by atoms with van der Waals surface area (Å²) >= 11 is 0. The number of nitrogens with zero attached hydrogens (tertiary/aromatic N) is 1. The summed E-state index contributed by atoms with van der Waals surface area (Å²) in [5, 5.41) is 9.49. The fourth-order valence-corrected chi connectivity index (χ4v) is 4.36. The molecule has 5 aromatic carbocycles. The Hall–Kier alpha value is -5.56. The lowest BCUT2D eigenvalue weighted by Crippen LogP contribution is -2.35. The van der Waals surface area contributed by atoms with Crippen molar-refractivity contribution in [2.45, 2.75) is 19.8 Å². The lowest BCUT2D eigenvalue weighted by molar-refractivity contribution is -0.135. The highest BCUT2D eigenvalue weighted by molar-refractivity contribution is 6.08. The Labute approximate surface area is 250 Å². The Kier molecular flexibility index (Phi) is 9.67. The number of benzene rings is 5. The van der Waals surface area contributed by atoms with Crippen LogP contribution in [0.3, 0.4) is 0 Å². The molecule has 0 saturated heterocycles. The Morgan fingerprint density at radius 2 is 1.02 bits per heavy atom. The van der Waals surface area contributed by atoms with Gasteiger partial charge in [-0.25, -0.2) is 0 Å². The maximum Gasteiger partial charge on any atom is 0.323 e. The summed E-state index contributed by atoms with van der Waals surface area (Å²) in [4.78, 5) is 26.2. The second-order valence-corrected chi connectivity index (χ2v) is 9.79. The predicted octanol–water partition coefficient (Wildman–Crippen LogP) is 7.16. The first-order valence-corrected chi connectivity index (χ1v) is 13.8. The molecule has 0 heterocycles. The molecule has 1 amide bonds. The zero-order valence-electron chi connectivity index (χ0n) is 23.5. The Balaban J connectivity index is 1.18. The van der Waals surface area contributed by atoms with Crippen LogP contribution >= 0.6 is 0 Å². The van der Waals surface area contributed by atoms with Crippen molar-refractivity contribution in [3.05, 3.63) is 156 Å². The normalized spacial score (nSPS) is 10.5. The summed E-state index contributed by atoms with van der Waals surface area (Å²) in [5.74, 6) is 0.394. The second kappa shape index (κ2) is 14.4. The number of aliphatic carboxylic acids is 1. The SMILES string of the molecule is O=C(O)CN(C(=O)c1ccc(OCc2cccc(OCc3ccccc3)c2)cc1)c1ccc(OCc2ccccc2)cc1. The first-order chi connectivity index (χ1) is 21.0. The zero-order valence-corrected chi connectivity index (χ0v) is 23.5. The number of hydrogen-bond acceptors (Lipinski definition) is 5. The van der Waals surface area contributed by atoms with Crippen molar-refractivity contribution in [1.29, 1.82) is 0 Å². The van der Waals surface area contributed by atoms with E-state index in [0.717, 1.165) is 22.4 Å². The summed E-state index contributed by atoms with van der Waals surface area (Å²) in [6.07, 6.45) is 0. The lowest BCUT2D eigenvalue weighted by atomic mass is 10.1. The Morgan fingerprint density at radius 3 is 1.58 bits per heavy atom. The van der Waals surface area contributed by atoms with Gasteiger partial charge in [0, 0.05) is 11.3 Å². The number of carbonyl (C=O) groups is 2. The largest absolute Gasteiger partial charge is 0.489 e. The van der Waals surface area contributed by atoms with Gasteiger partial charge in [0.15, 0.2) is 0 Å². The van der Waals surface area contributed by atoms with Crippen molar-refractivity contribution in [3.63, 3.8) is 0 Å². The lowest BCUT2D eigenvalue weighted by Gasteiger charge is -2.21. The average Bonchev–Trinajstić information content (AvgIpc) is 3.06. The van der Waals surface area contributed by atoms with Crippen LogP contribution in [0, 0.1) is 0 Å². The van der Waals surface area contributed by atoms with E-state index in [2.05, 4.69) is 0 Å². The molecule has 7 heteroatoms. The zero-order chi connectivity index (χ0) is 29.9. The molecule has 0 atom stereocenters. The quantitative estimate of drug-likeness (QED) is 0.161. The Morgan fingerprint density at radius 1 is 0.535 bits per heavy atom. The molecule has 7 nitrogen and oxygen atoms in total. The van der Waals surface area contributed by atoms with Gasteiger partial charge in [0.1, 0.15) is 43.6 Å². The monoisotopic (exact) mass is 573 g/mol. The second-order valence-electron chi connectivity index (χ2n) is 9.79. The molecule has 0 aliphatic heterocycles. The molecule has 5 aromatic rings. The van der Waals surface area contributed by atoms with Crippen molar-refractivity contribution in [3.8, 4) is 17.2 Å². The van der Waals surface area contributed by atoms with Gasteiger partial charge in [-0.2, -0.15) is 0 Å². The summed E-state index contributed by atoms with van der Waals surface area (Å²) in [7, 11) is 0. The Bertz CT molecular complexity index is 1620. The first kappa shape index (κ1) is 29.0. The number of anilines is 1. The third-order valence-corrected chi connectivity index (χ3v) is 6.59. The molecule has 0 aromatic heterocycles. The van der Waals surface area contributed by atoms with Gasteiger partial charge in [-0.05, 0) is 77.4 Å². The topological polar surface area (TPSA) is 85.3 Å². The minimum Gasteiger partial charge on any atom is -0.489 e. The molecule has 5 rings (SSSR count). The van der Waals surface area contributed by atoms with Crippen LogP contribution in [0.5, 0.6) is 17.2 Å². The van der Waals surface area contributed by atoms with E-state index in [-0.39, 0.29) is 0 Å². The van der Waals surface area contributed by atoms with E-state index in [4.69, 9.17) is 14.2 Å². The van der Waals surface area contributed by atoms with E-state index < -0.39 is 18.4 Å². The highest BCUT2D eigenvalue weighted by atomic mass is 16.5. The van der Waals surface area contributed by atoms with Gasteiger partial charge >= 0.3 is 5.97 Å². The molecular formula is C36H31NO6. The number of hydrogen-bond donors (Lipinski definition) is 1. The number of carboxylic acid groups (broad SMARTS) is 1. The van der Waals surface area contributed by atoms with Crippen molar-refractivity contribution in [1.82, 2.24) is 0 Å². The van der Waals surface area contributed by atoms with Crippen LogP contribution < -0.4 is 19.1 Å². The first-order valence-electron chi connectivity index (χ1n) is 13.8. The van der Waals surface area contributed by atoms with Crippen LogP contribution in [0.25, 0.3) is 0 Å². The van der Waals surface area contributed by atoms with Crippen LogP contribution in [0.2, 0.25) is 0 Å². The molecule has 0 aliphatic rings. The summed E-state index contributed by atoms with van der Waals surface area (Å²) < 4.78 is 17.7. The van der Waals surface area contributed by atoms with Crippen LogP contribution in [0.15, 0.2) is 133 Å². The molecule has 0 unspecified atom stereocenters. The van der Waals surface area contributed by atoms with Crippen LogP contribution in [0.4, 0.5) is 5.69 Å². The summed E-state index contributed by atoms with van der Waals surface area (Å²) in [6, 6.07) is 40.9. The van der Waals surface area contributed by atoms with Crippen molar-refractivity contribution >= 4 is 17.6 Å². The number of ether oxygens (including phenoxy) is 3. The van der Waals surface area contributed by atoms with Gasteiger partial charge in [-0.15, -0.1) is 0 Å². The van der Waals surface area contributed by atoms with E-state index in [1.165, 1.54) is 4.90 Å². The van der Waals surface area contributed by atoms with Gasteiger partial charge in [0.05, 0.1) is 0 Å². The van der Waals surface area contributed by atoms with E-state index in [1.807, 2.05) is 84.9 Å². The van der Waals surface area contributed by atoms with Gasteiger partial charge in [0.25, 0.3) is 5.91 Å². The standard InChI is InChI=1S/C36H31NO6/c38-35(39)23-37(31-16-20-33(21-17-31)41-24-27-8-3-1-4-9-27)36(40)30-14-18-32(19-15-30)42-26-29-12-7-13-34(22-29)43-25-28-10-5-2-6-11-28/h1-22H,23-26H2,(H,38,39). The molecule has 0 saturated carbocycles. The molecule has 0 aliphatic carbocycles. The molecule has 0 bridgehead atoms.